The van der Waals surface area contributed by atoms with Crippen LogP contribution in [0, 0.1) is 14.9 Å². The number of nitrogens with one attached hydrogen (secondary N) is 1. The van der Waals surface area contributed by atoms with Gasteiger partial charge in [0.1, 0.15) is 6.07 Å². The van der Waals surface area contributed by atoms with Crippen molar-refractivity contribution >= 4 is 39.7 Å². The Kier molecular flexibility index (Phi) is 3.49. The van der Waals surface area contributed by atoms with E-state index in [1.807, 2.05) is 36.4 Å². The van der Waals surface area contributed by atoms with Crippen LogP contribution < -0.4 is 11.1 Å². The number of hydrogen-bond acceptors (Lipinski definition) is 3. The predicted molar refractivity (Wildman–Crippen MR) is 78.0 cm³/mol. The van der Waals surface area contributed by atoms with Gasteiger partial charge in [0.2, 0.25) is 0 Å². The number of nitriles is 1. The first-order chi connectivity index (χ1) is 8.19. The molecule has 4 heteroatoms. The van der Waals surface area contributed by atoms with Crippen LogP contribution in [0.25, 0.3) is 0 Å². The van der Waals surface area contributed by atoms with Crippen LogP contribution in [0.4, 0.5) is 17.1 Å². The van der Waals surface area contributed by atoms with E-state index >= 15 is 0 Å². The topological polar surface area (TPSA) is 61.8 Å². The average Bonchev–Trinajstić information content (AvgIpc) is 2.32. The van der Waals surface area contributed by atoms with Crippen molar-refractivity contribution in [1.82, 2.24) is 0 Å². The maximum Gasteiger partial charge on any atom is 0.101 e. The van der Waals surface area contributed by atoms with Crippen molar-refractivity contribution in [1.29, 1.82) is 5.26 Å². The monoisotopic (exact) mass is 335 g/mol. The zero-order valence-electron chi connectivity index (χ0n) is 8.94. The number of nitrogen functional groups attached to an aromatic ring is 1. The first-order valence-corrected chi connectivity index (χ1v) is 6.09. The number of nitrogens with zero attached hydrogens (tertiary/aromatic N) is 1. The van der Waals surface area contributed by atoms with E-state index in [-0.39, 0.29) is 0 Å². The molecule has 0 saturated heterocycles. The Morgan fingerprint density at radius 3 is 2.29 bits per heavy atom. The third-order valence-corrected chi connectivity index (χ3v) is 3.02. The molecule has 0 spiro atoms. The van der Waals surface area contributed by atoms with E-state index in [0.717, 1.165) is 11.4 Å². The van der Waals surface area contributed by atoms with Gasteiger partial charge in [-0.1, -0.05) is 0 Å². The highest BCUT2D eigenvalue weighted by Crippen LogP contribution is 2.21. The van der Waals surface area contributed by atoms with Crippen molar-refractivity contribution in [2.24, 2.45) is 0 Å². The Bertz CT molecular complexity index is 570. The Morgan fingerprint density at radius 2 is 1.71 bits per heavy atom. The molecule has 0 aromatic heterocycles. The molecular weight excluding hydrogens is 325 g/mol. The molecule has 0 aliphatic rings. The Balaban J connectivity index is 2.22. The molecule has 0 bridgehead atoms. The fraction of sp³-hybridized carbons (Fsp3) is 0. The number of anilines is 3. The Hall–Kier alpha value is -1.74. The van der Waals surface area contributed by atoms with Gasteiger partial charge < -0.3 is 11.1 Å². The van der Waals surface area contributed by atoms with Crippen LogP contribution in [-0.4, -0.2) is 0 Å². The summed E-state index contributed by atoms with van der Waals surface area (Å²) in [6.45, 7) is 0. The van der Waals surface area contributed by atoms with Crippen molar-refractivity contribution in [3.8, 4) is 6.07 Å². The zero-order chi connectivity index (χ0) is 12.3. The van der Waals surface area contributed by atoms with Gasteiger partial charge in [-0.3, -0.25) is 0 Å². The largest absolute Gasteiger partial charge is 0.398 e. The second-order valence-electron chi connectivity index (χ2n) is 3.55. The molecular formula is C13H10IN3. The molecule has 17 heavy (non-hydrogen) atoms. The molecule has 2 aromatic carbocycles. The average molecular weight is 335 g/mol. The lowest BCUT2D eigenvalue weighted by Gasteiger charge is -2.07. The van der Waals surface area contributed by atoms with E-state index in [0.29, 0.717) is 11.3 Å². The smallest absolute Gasteiger partial charge is 0.101 e. The van der Waals surface area contributed by atoms with Crippen LogP contribution >= 0.6 is 22.6 Å². The van der Waals surface area contributed by atoms with Crippen LogP contribution in [0.5, 0.6) is 0 Å². The summed E-state index contributed by atoms with van der Waals surface area (Å²) in [7, 11) is 0. The quantitative estimate of drug-likeness (QED) is 0.652. The standard InChI is InChI=1S/C13H10IN3/c14-10-2-5-11(6-3-10)17-12-4-1-9(8-15)13(16)7-12/h1-7,17H,16H2. The van der Waals surface area contributed by atoms with Gasteiger partial charge in [-0.05, 0) is 65.1 Å². The summed E-state index contributed by atoms with van der Waals surface area (Å²) in [5.41, 5.74) is 8.61. The van der Waals surface area contributed by atoms with Crippen molar-refractivity contribution in [2.75, 3.05) is 11.1 Å². The van der Waals surface area contributed by atoms with Gasteiger partial charge >= 0.3 is 0 Å². The van der Waals surface area contributed by atoms with Gasteiger partial charge in [-0.15, -0.1) is 0 Å². The van der Waals surface area contributed by atoms with Gasteiger partial charge in [0.05, 0.1) is 11.3 Å². The van der Waals surface area contributed by atoms with Crippen LogP contribution in [0.3, 0.4) is 0 Å². The third kappa shape index (κ3) is 2.88. The summed E-state index contributed by atoms with van der Waals surface area (Å²) >= 11 is 2.26. The number of halogens is 1. The highest BCUT2D eigenvalue weighted by molar-refractivity contribution is 14.1. The third-order valence-electron chi connectivity index (χ3n) is 2.30. The van der Waals surface area contributed by atoms with Gasteiger partial charge in [-0.2, -0.15) is 5.26 Å². The zero-order valence-corrected chi connectivity index (χ0v) is 11.1. The summed E-state index contributed by atoms with van der Waals surface area (Å²) in [5, 5.41) is 12.0. The SMILES string of the molecule is N#Cc1ccc(Nc2ccc(I)cc2)cc1N. The minimum atomic E-state index is 0.489. The Morgan fingerprint density at radius 1 is 1.06 bits per heavy atom. The second kappa shape index (κ2) is 5.06. The van der Waals surface area contributed by atoms with Crippen molar-refractivity contribution < 1.29 is 0 Å². The molecule has 3 N–H and O–H groups in total. The lowest BCUT2D eigenvalue weighted by Crippen LogP contribution is -1.94. The van der Waals surface area contributed by atoms with Crippen LogP contribution in [-0.2, 0) is 0 Å². The molecule has 2 aromatic rings. The van der Waals surface area contributed by atoms with Gasteiger partial charge in [0, 0.05) is 14.9 Å². The van der Waals surface area contributed by atoms with E-state index in [4.69, 9.17) is 11.0 Å². The predicted octanol–water partition coefficient (Wildman–Crippen LogP) is 3.49. The molecule has 2 rings (SSSR count). The van der Waals surface area contributed by atoms with Crippen LogP contribution in [0.2, 0.25) is 0 Å². The molecule has 0 fully saturated rings. The van der Waals surface area contributed by atoms with E-state index in [1.54, 1.807) is 12.1 Å². The number of hydrogen-bond donors (Lipinski definition) is 2. The number of nitrogens with two attached hydrogens (primary N) is 1. The van der Waals surface area contributed by atoms with E-state index < -0.39 is 0 Å². The highest BCUT2D eigenvalue weighted by Gasteiger charge is 2.00. The second-order valence-corrected chi connectivity index (χ2v) is 4.79. The maximum absolute atomic E-state index is 8.78. The summed E-state index contributed by atoms with van der Waals surface area (Å²) in [5.74, 6) is 0. The van der Waals surface area contributed by atoms with E-state index in [9.17, 15) is 0 Å². The molecule has 0 saturated carbocycles. The maximum atomic E-state index is 8.78. The summed E-state index contributed by atoms with van der Waals surface area (Å²) in [6.07, 6.45) is 0. The molecule has 0 amide bonds. The Labute approximate surface area is 113 Å². The minimum Gasteiger partial charge on any atom is -0.398 e. The lowest BCUT2D eigenvalue weighted by atomic mass is 10.2. The lowest BCUT2D eigenvalue weighted by molar-refractivity contribution is 1.47. The fourth-order valence-electron chi connectivity index (χ4n) is 1.44. The van der Waals surface area contributed by atoms with E-state index in [2.05, 4.69) is 27.9 Å². The van der Waals surface area contributed by atoms with Gasteiger partial charge in [-0.25, -0.2) is 0 Å². The summed E-state index contributed by atoms with van der Waals surface area (Å²) < 4.78 is 1.19. The van der Waals surface area contributed by atoms with Crippen molar-refractivity contribution in [2.45, 2.75) is 0 Å². The molecule has 0 heterocycles. The first-order valence-electron chi connectivity index (χ1n) is 5.01. The summed E-state index contributed by atoms with van der Waals surface area (Å²) in [4.78, 5) is 0. The summed E-state index contributed by atoms with van der Waals surface area (Å²) in [6, 6.07) is 15.4. The molecule has 3 nitrogen and oxygen atoms in total. The van der Waals surface area contributed by atoms with E-state index in [1.165, 1.54) is 3.57 Å². The van der Waals surface area contributed by atoms with Gasteiger partial charge in [0.25, 0.3) is 0 Å². The van der Waals surface area contributed by atoms with Crippen molar-refractivity contribution in [3.63, 3.8) is 0 Å². The number of rotatable bonds is 2. The molecule has 0 radical (unpaired) electrons. The van der Waals surface area contributed by atoms with Gasteiger partial charge in [0.15, 0.2) is 0 Å². The van der Waals surface area contributed by atoms with Crippen LogP contribution in [0.1, 0.15) is 5.56 Å². The fourth-order valence-corrected chi connectivity index (χ4v) is 1.80. The minimum absolute atomic E-state index is 0.489. The van der Waals surface area contributed by atoms with Crippen molar-refractivity contribution in [3.05, 3.63) is 51.6 Å². The molecule has 0 unspecified atom stereocenters. The number of benzene rings is 2. The molecule has 84 valence electrons. The normalized spacial score (nSPS) is 9.65. The molecule has 0 aliphatic heterocycles. The molecule has 0 aliphatic carbocycles. The first kappa shape index (κ1) is 11.7. The van der Waals surface area contributed by atoms with Crippen LogP contribution in [0.15, 0.2) is 42.5 Å². The molecule has 0 atom stereocenters. The highest BCUT2D eigenvalue weighted by atomic mass is 127.